The van der Waals surface area contributed by atoms with E-state index in [1.54, 1.807) is 11.0 Å². The van der Waals surface area contributed by atoms with Crippen LogP contribution in [0, 0.1) is 14.9 Å². The lowest BCUT2D eigenvalue weighted by Gasteiger charge is -2.00. The van der Waals surface area contributed by atoms with Gasteiger partial charge in [-0.15, -0.1) is 5.10 Å². The highest BCUT2D eigenvalue weighted by atomic mass is 127. The normalized spacial score (nSPS) is 9.87. The fourth-order valence-electron chi connectivity index (χ4n) is 1.20. The molecule has 0 aliphatic heterocycles. The first-order valence-corrected chi connectivity index (χ1v) is 5.40. The lowest BCUT2D eigenvalue weighted by Crippen LogP contribution is -2.00. The van der Waals surface area contributed by atoms with Crippen LogP contribution < -0.4 is 0 Å². The van der Waals surface area contributed by atoms with Crippen LogP contribution in [0.1, 0.15) is 11.4 Å². The van der Waals surface area contributed by atoms with Gasteiger partial charge in [0, 0.05) is 3.57 Å². The zero-order chi connectivity index (χ0) is 10.7. The molecule has 0 radical (unpaired) electrons. The maximum atomic E-state index is 8.56. The van der Waals surface area contributed by atoms with Crippen molar-refractivity contribution in [3.63, 3.8) is 0 Å². The Balaban J connectivity index is 2.15. The third-order valence-electron chi connectivity index (χ3n) is 1.89. The zero-order valence-electron chi connectivity index (χ0n) is 7.76. The van der Waals surface area contributed by atoms with Crippen LogP contribution in [0.25, 0.3) is 0 Å². The summed E-state index contributed by atoms with van der Waals surface area (Å²) in [6.45, 7) is 0.644. The van der Waals surface area contributed by atoms with Crippen LogP contribution in [0.15, 0.2) is 30.6 Å². The Morgan fingerprint density at radius 2 is 2.07 bits per heavy atom. The molecular weight excluding hydrogens is 303 g/mol. The van der Waals surface area contributed by atoms with Crippen LogP contribution in [0.4, 0.5) is 0 Å². The smallest absolute Gasteiger partial charge is 0.247 e. The molecule has 0 unspecified atom stereocenters. The minimum absolute atomic E-state index is 0.209. The van der Waals surface area contributed by atoms with Crippen molar-refractivity contribution in [3.05, 3.63) is 45.6 Å². The third kappa shape index (κ3) is 2.53. The van der Waals surface area contributed by atoms with Crippen molar-refractivity contribution in [2.24, 2.45) is 0 Å². The van der Waals surface area contributed by atoms with E-state index in [4.69, 9.17) is 5.26 Å². The number of halogens is 1. The summed E-state index contributed by atoms with van der Waals surface area (Å²) < 4.78 is 2.86. The summed E-state index contributed by atoms with van der Waals surface area (Å²) in [5.41, 5.74) is 1.14. The van der Waals surface area contributed by atoms with Crippen molar-refractivity contribution < 1.29 is 0 Å². The van der Waals surface area contributed by atoms with Gasteiger partial charge in [-0.1, -0.05) is 12.1 Å². The highest BCUT2D eigenvalue weighted by Crippen LogP contribution is 2.07. The Morgan fingerprint density at radius 3 is 2.67 bits per heavy atom. The standard InChI is InChI=1S/C10H7IN4/c11-9-3-1-8(2-4-9)6-15-7-13-10(5-12)14-15/h1-4,7H,6H2. The second-order valence-corrected chi connectivity index (χ2v) is 4.25. The molecule has 1 aromatic carbocycles. The van der Waals surface area contributed by atoms with Gasteiger partial charge in [-0.2, -0.15) is 5.26 Å². The first-order valence-electron chi connectivity index (χ1n) is 4.32. The van der Waals surface area contributed by atoms with Crippen LogP contribution >= 0.6 is 22.6 Å². The molecule has 0 N–H and O–H groups in total. The van der Waals surface area contributed by atoms with Gasteiger partial charge in [0.2, 0.25) is 0 Å². The second-order valence-electron chi connectivity index (χ2n) is 3.00. The number of nitrogens with zero attached hydrogens (tertiary/aromatic N) is 4. The second kappa shape index (κ2) is 4.40. The monoisotopic (exact) mass is 310 g/mol. The molecule has 0 saturated heterocycles. The molecule has 74 valence electrons. The minimum Gasteiger partial charge on any atom is -0.247 e. The number of benzene rings is 1. The largest absolute Gasteiger partial charge is 0.252 e. The van der Waals surface area contributed by atoms with E-state index in [2.05, 4.69) is 32.7 Å². The summed E-state index contributed by atoms with van der Waals surface area (Å²) in [6, 6.07) is 10.1. The lowest BCUT2D eigenvalue weighted by molar-refractivity contribution is 0.682. The van der Waals surface area contributed by atoms with Crippen LogP contribution in [0.3, 0.4) is 0 Å². The van der Waals surface area contributed by atoms with Gasteiger partial charge in [0.05, 0.1) is 6.54 Å². The molecule has 0 aliphatic carbocycles. The quantitative estimate of drug-likeness (QED) is 0.795. The first-order chi connectivity index (χ1) is 7.28. The molecule has 4 nitrogen and oxygen atoms in total. The summed E-state index contributed by atoms with van der Waals surface area (Å²) in [5.74, 6) is 0.209. The van der Waals surface area contributed by atoms with Crippen molar-refractivity contribution in [1.29, 1.82) is 5.26 Å². The number of rotatable bonds is 2. The van der Waals surface area contributed by atoms with E-state index in [1.165, 1.54) is 3.57 Å². The molecule has 0 atom stereocenters. The first kappa shape index (κ1) is 10.1. The zero-order valence-corrected chi connectivity index (χ0v) is 9.92. The fraction of sp³-hybridized carbons (Fsp3) is 0.100. The van der Waals surface area contributed by atoms with E-state index in [9.17, 15) is 0 Å². The van der Waals surface area contributed by atoms with Crippen molar-refractivity contribution in [2.45, 2.75) is 6.54 Å². The molecule has 0 amide bonds. The molecule has 5 heteroatoms. The molecule has 0 spiro atoms. The van der Waals surface area contributed by atoms with Gasteiger partial charge in [0.15, 0.2) is 0 Å². The molecule has 2 aromatic rings. The number of nitriles is 1. The molecule has 1 heterocycles. The van der Waals surface area contributed by atoms with Crippen LogP contribution in [0.5, 0.6) is 0 Å². The van der Waals surface area contributed by atoms with E-state index in [-0.39, 0.29) is 5.82 Å². The summed E-state index contributed by atoms with van der Waals surface area (Å²) >= 11 is 2.26. The highest BCUT2D eigenvalue weighted by Gasteiger charge is 1.99. The molecule has 2 rings (SSSR count). The molecule has 0 bridgehead atoms. The number of aromatic nitrogens is 3. The highest BCUT2D eigenvalue weighted by molar-refractivity contribution is 14.1. The van der Waals surface area contributed by atoms with E-state index >= 15 is 0 Å². The van der Waals surface area contributed by atoms with Crippen LogP contribution in [0.2, 0.25) is 0 Å². The molecule has 15 heavy (non-hydrogen) atoms. The van der Waals surface area contributed by atoms with Gasteiger partial charge in [-0.3, -0.25) is 0 Å². The van der Waals surface area contributed by atoms with Crippen molar-refractivity contribution in [2.75, 3.05) is 0 Å². The molecule has 0 aliphatic rings. The van der Waals surface area contributed by atoms with Gasteiger partial charge in [0.1, 0.15) is 12.4 Å². The maximum absolute atomic E-state index is 8.56. The Hall–Kier alpha value is -1.42. The topological polar surface area (TPSA) is 54.5 Å². The number of hydrogen-bond donors (Lipinski definition) is 0. The lowest BCUT2D eigenvalue weighted by atomic mass is 10.2. The van der Waals surface area contributed by atoms with Crippen LogP contribution in [-0.2, 0) is 6.54 Å². The Kier molecular flexibility index (Phi) is 2.97. The molecule has 1 aromatic heterocycles. The average Bonchev–Trinajstić information content (AvgIpc) is 2.69. The molecular formula is C10H7IN4. The fourth-order valence-corrected chi connectivity index (χ4v) is 1.56. The van der Waals surface area contributed by atoms with Gasteiger partial charge in [0.25, 0.3) is 5.82 Å². The SMILES string of the molecule is N#Cc1ncn(Cc2ccc(I)cc2)n1. The summed E-state index contributed by atoms with van der Waals surface area (Å²) in [6.07, 6.45) is 1.57. The number of hydrogen-bond acceptors (Lipinski definition) is 3. The van der Waals surface area contributed by atoms with Gasteiger partial charge >= 0.3 is 0 Å². The minimum atomic E-state index is 0.209. The molecule has 0 saturated carbocycles. The van der Waals surface area contributed by atoms with E-state index in [0.29, 0.717) is 6.54 Å². The maximum Gasteiger partial charge on any atom is 0.252 e. The van der Waals surface area contributed by atoms with Gasteiger partial charge < -0.3 is 0 Å². The van der Waals surface area contributed by atoms with E-state index in [1.807, 2.05) is 30.3 Å². The average molecular weight is 310 g/mol. The summed E-state index contributed by atoms with van der Waals surface area (Å²) in [7, 11) is 0. The Bertz CT molecular complexity index is 495. The van der Waals surface area contributed by atoms with Crippen molar-refractivity contribution in [3.8, 4) is 6.07 Å². The van der Waals surface area contributed by atoms with Gasteiger partial charge in [-0.25, -0.2) is 9.67 Å². The Labute approximate surface area is 101 Å². The van der Waals surface area contributed by atoms with Gasteiger partial charge in [-0.05, 0) is 40.3 Å². The van der Waals surface area contributed by atoms with Crippen molar-refractivity contribution in [1.82, 2.24) is 14.8 Å². The summed E-state index contributed by atoms with van der Waals surface area (Å²) in [4.78, 5) is 3.84. The predicted molar refractivity (Wildman–Crippen MR) is 63.0 cm³/mol. The Morgan fingerprint density at radius 1 is 1.33 bits per heavy atom. The van der Waals surface area contributed by atoms with Crippen molar-refractivity contribution >= 4 is 22.6 Å². The summed E-state index contributed by atoms with van der Waals surface area (Å²) in [5, 5.41) is 12.6. The van der Waals surface area contributed by atoms with E-state index in [0.717, 1.165) is 5.56 Å². The van der Waals surface area contributed by atoms with E-state index < -0.39 is 0 Å². The third-order valence-corrected chi connectivity index (χ3v) is 2.61. The molecule has 0 fully saturated rings. The predicted octanol–water partition coefficient (Wildman–Crippen LogP) is 1.80. The van der Waals surface area contributed by atoms with Crippen LogP contribution in [-0.4, -0.2) is 14.8 Å².